The lowest BCUT2D eigenvalue weighted by atomic mass is 9.69. The molecule has 1 N–H and O–H groups in total. The first-order valence-corrected chi connectivity index (χ1v) is 10.3. The monoisotopic (exact) mass is 432 g/mol. The normalized spacial score (nSPS) is 12.4. The van der Waals surface area contributed by atoms with E-state index in [2.05, 4.69) is 0 Å². The first-order chi connectivity index (χ1) is 14.2. The molecular formula is C22H18F2O5S. The molecule has 0 aliphatic heterocycles. The molecule has 0 aliphatic carbocycles. The van der Waals surface area contributed by atoms with Gasteiger partial charge >= 0.3 is 21.3 Å². The van der Waals surface area contributed by atoms with Crippen LogP contribution in [-0.2, 0) is 25.1 Å². The van der Waals surface area contributed by atoms with Crippen LogP contribution in [0.1, 0.15) is 16.7 Å². The zero-order valence-electron chi connectivity index (χ0n) is 15.6. The predicted molar refractivity (Wildman–Crippen MR) is 107 cm³/mol. The second-order valence-electron chi connectivity index (χ2n) is 6.54. The van der Waals surface area contributed by atoms with Gasteiger partial charge in [-0.3, -0.25) is 9.35 Å². The van der Waals surface area contributed by atoms with Gasteiger partial charge in [-0.05, 0) is 16.7 Å². The van der Waals surface area contributed by atoms with Gasteiger partial charge < -0.3 is 4.74 Å². The first kappa shape index (κ1) is 21.6. The number of alkyl halides is 2. The third kappa shape index (κ3) is 3.96. The highest BCUT2D eigenvalue weighted by atomic mass is 32.2. The molecule has 0 unspecified atom stereocenters. The zero-order valence-corrected chi connectivity index (χ0v) is 16.4. The first-order valence-electron chi connectivity index (χ1n) is 8.88. The Bertz CT molecular complexity index is 1010. The fourth-order valence-electron chi connectivity index (χ4n) is 3.25. The Morgan fingerprint density at radius 3 is 1.40 bits per heavy atom. The maximum atomic E-state index is 13.8. The van der Waals surface area contributed by atoms with E-state index in [1.54, 1.807) is 91.0 Å². The van der Waals surface area contributed by atoms with Crippen molar-refractivity contribution in [1.82, 2.24) is 0 Å². The number of benzene rings is 3. The Kier molecular flexibility index (Phi) is 6.00. The van der Waals surface area contributed by atoms with E-state index in [0.717, 1.165) is 0 Å². The van der Waals surface area contributed by atoms with Gasteiger partial charge in [0.15, 0.2) is 6.61 Å². The highest BCUT2D eigenvalue weighted by molar-refractivity contribution is 7.86. The van der Waals surface area contributed by atoms with E-state index in [1.165, 1.54) is 0 Å². The molecule has 3 rings (SSSR count). The third-order valence-electron chi connectivity index (χ3n) is 4.68. The number of carbonyl (C=O) groups excluding carboxylic acids is 1. The van der Waals surface area contributed by atoms with Crippen LogP contribution in [0.15, 0.2) is 91.0 Å². The van der Waals surface area contributed by atoms with Crippen molar-refractivity contribution in [3.05, 3.63) is 108 Å². The molecule has 3 aromatic rings. The number of ether oxygens (including phenoxy) is 1. The van der Waals surface area contributed by atoms with Crippen LogP contribution in [0, 0.1) is 0 Å². The number of halogens is 2. The van der Waals surface area contributed by atoms with Crippen molar-refractivity contribution in [3.8, 4) is 0 Å². The molecule has 8 heteroatoms. The minimum absolute atomic E-state index is 0.447. The molecule has 0 amide bonds. The van der Waals surface area contributed by atoms with Crippen LogP contribution in [0.5, 0.6) is 0 Å². The van der Waals surface area contributed by atoms with Gasteiger partial charge in [0, 0.05) is 0 Å². The largest absolute Gasteiger partial charge is 0.457 e. The molecule has 0 saturated heterocycles. The molecule has 5 nitrogen and oxygen atoms in total. The van der Waals surface area contributed by atoms with E-state index in [9.17, 15) is 22.0 Å². The van der Waals surface area contributed by atoms with Crippen molar-refractivity contribution in [2.45, 2.75) is 10.7 Å². The summed E-state index contributed by atoms with van der Waals surface area (Å²) in [7, 11) is -5.75. The molecule has 0 atom stereocenters. The molecular weight excluding hydrogens is 414 g/mol. The Morgan fingerprint density at radius 2 is 1.10 bits per heavy atom. The maximum Gasteiger partial charge on any atom is 0.402 e. The average molecular weight is 432 g/mol. The van der Waals surface area contributed by atoms with Crippen molar-refractivity contribution in [2.24, 2.45) is 0 Å². The molecule has 0 saturated carbocycles. The molecule has 0 fully saturated rings. The quantitative estimate of drug-likeness (QED) is 0.346. The number of carbonyl (C=O) groups is 1. The van der Waals surface area contributed by atoms with Crippen molar-refractivity contribution < 1.29 is 31.3 Å². The SMILES string of the molecule is O=C(OCC(F)(F)S(=O)(=O)O)C(c1ccccc1)(c1ccccc1)c1ccccc1. The molecule has 156 valence electrons. The molecule has 0 spiro atoms. The number of esters is 1. The zero-order chi connectivity index (χ0) is 21.8. The molecule has 30 heavy (non-hydrogen) atoms. The van der Waals surface area contributed by atoms with Crippen molar-refractivity contribution in [3.63, 3.8) is 0 Å². The van der Waals surface area contributed by atoms with Gasteiger partial charge in [0.1, 0.15) is 5.41 Å². The molecule has 0 heterocycles. The van der Waals surface area contributed by atoms with E-state index in [-0.39, 0.29) is 0 Å². The number of hydrogen-bond donors (Lipinski definition) is 1. The Hall–Kier alpha value is -3.10. The van der Waals surface area contributed by atoms with Crippen LogP contribution in [0.3, 0.4) is 0 Å². The summed E-state index contributed by atoms with van der Waals surface area (Å²) in [4.78, 5) is 13.4. The van der Waals surface area contributed by atoms with Crippen LogP contribution in [0.2, 0.25) is 0 Å². The van der Waals surface area contributed by atoms with E-state index in [0.29, 0.717) is 16.7 Å². The minimum atomic E-state index is -5.75. The van der Waals surface area contributed by atoms with Gasteiger partial charge in [-0.25, -0.2) is 0 Å². The van der Waals surface area contributed by atoms with Crippen molar-refractivity contribution >= 4 is 16.1 Å². The van der Waals surface area contributed by atoms with E-state index in [1.807, 2.05) is 0 Å². The Labute approximate surface area is 172 Å². The van der Waals surface area contributed by atoms with Crippen molar-refractivity contribution in [1.29, 1.82) is 0 Å². The van der Waals surface area contributed by atoms with Crippen LogP contribution in [-0.4, -0.2) is 30.8 Å². The fraction of sp³-hybridized carbons (Fsp3) is 0.136. The lowest BCUT2D eigenvalue weighted by Gasteiger charge is -2.33. The Morgan fingerprint density at radius 1 is 0.767 bits per heavy atom. The average Bonchev–Trinajstić information content (AvgIpc) is 2.74. The minimum Gasteiger partial charge on any atom is -0.457 e. The fourth-order valence-corrected chi connectivity index (χ4v) is 3.46. The highest BCUT2D eigenvalue weighted by Crippen LogP contribution is 2.40. The topological polar surface area (TPSA) is 80.7 Å². The maximum absolute atomic E-state index is 13.8. The van der Waals surface area contributed by atoms with Crippen LogP contribution in [0.4, 0.5) is 8.78 Å². The highest BCUT2D eigenvalue weighted by Gasteiger charge is 2.50. The lowest BCUT2D eigenvalue weighted by molar-refractivity contribution is -0.153. The van der Waals surface area contributed by atoms with Gasteiger partial charge in [0.05, 0.1) is 0 Å². The summed E-state index contributed by atoms with van der Waals surface area (Å²) in [5.41, 5.74) is -0.299. The summed E-state index contributed by atoms with van der Waals surface area (Å²) in [5, 5.41) is -4.64. The second-order valence-corrected chi connectivity index (χ2v) is 8.08. The molecule has 0 aromatic heterocycles. The number of hydrogen-bond acceptors (Lipinski definition) is 4. The Balaban J connectivity index is 2.20. The van der Waals surface area contributed by atoms with Crippen LogP contribution >= 0.6 is 0 Å². The lowest BCUT2D eigenvalue weighted by Crippen LogP contribution is -2.43. The van der Waals surface area contributed by atoms with Crippen LogP contribution < -0.4 is 0 Å². The third-order valence-corrected chi connectivity index (χ3v) is 5.55. The van der Waals surface area contributed by atoms with E-state index < -0.39 is 33.4 Å². The van der Waals surface area contributed by atoms with Crippen LogP contribution in [0.25, 0.3) is 0 Å². The second kappa shape index (κ2) is 8.33. The smallest absolute Gasteiger partial charge is 0.402 e. The van der Waals surface area contributed by atoms with Gasteiger partial charge in [0.25, 0.3) is 0 Å². The molecule has 3 aromatic carbocycles. The van der Waals surface area contributed by atoms with E-state index in [4.69, 9.17) is 9.29 Å². The van der Waals surface area contributed by atoms with Crippen molar-refractivity contribution in [2.75, 3.05) is 6.61 Å². The predicted octanol–water partition coefficient (Wildman–Crippen LogP) is 4.04. The summed E-state index contributed by atoms with van der Waals surface area (Å²) < 4.78 is 63.0. The summed E-state index contributed by atoms with van der Waals surface area (Å²) >= 11 is 0. The van der Waals surface area contributed by atoms with Gasteiger partial charge in [0.2, 0.25) is 0 Å². The standard InChI is InChI=1S/C22H18F2O5S/c23-21(24,30(26,27)28)16-29-20(25)22(17-10-4-1-5-11-17,18-12-6-2-7-13-18)19-14-8-3-9-15-19/h1-15H,16H2,(H,26,27,28). The molecule has 0 radical (unpaired) electrons. The summed E-state index contributed by atoms with van der Waals surface area (Å²) in [6, 6.07) is 25.3. The van der Waals surface area contributed by atoms with Gasteiger partial charge in [-0.2, -0.15) is 17.2 Å². The number of rotatable bonds is 7. The van der Waals surface area contributed by atoms with E-state index >= 15 is 0 Å². The molecule has 0 aliphatic rings. The summed E-state index contributed by atoms with van der Waals surface area (Å²) in [5.74, 6) is -1.10. The van der Waals surface area contributed by atoms with Gasteiger partial charge in [-0.1, -0.05) is 91.0 Å². The van der Waals surface area contributed by atoms with Gasteiger partial charge in [-0.15, -0.1) is 0 Å². The summed E-state index contributed by atoms with van der Waals surface area (Å²) in [6.45, 7) is -1.82. The summed E-state index contributed by atoms with van der Waals surface area (Å²) in [6.07, 6.45) is 0. The molecule has 0 bridgehead atoms.